The Bertz CT molecular complexity index is 903. The average Bonchev–Trinajstić information content (AvgIpc) is 3.31. The molecule has 26 heavy (non-hydrogen) atoms. The largest absolute Gasteiger partial charge is 0.366 e. The van der Waals surface area contributed by atoms with E-state index in [1.54, 1.807) is 6.33 Å². The van der Waals surface area contributed by atoms with E-state index in [0.29, 0.717) is 11.8 Å². The fraction of sp³-hybridized carbons (Fsp3) is 0.450. The Morgan fingerprint density at radius 3 is 2.92 bits per heavy atom. The monoisotopic (exact) mass is 348 g/mol. The van der Waals surface area contributed by atoms with Crippen molar-refractivity contribution in [2.24, 2.45) is 0 Å². The molecule has 0 radical (unpaired) electrons. The summed E-state index contributed by atoms with van der Waals surface area (Å²) in [5, 5.41) is 8.22. The molecule has 0 bridgehead atoms. The molecule has 3 heterocycles. The number of hydrogen-bond acceptors (Lipinski definition) is 5. The molecule has 2 aromatic heterocycles. The second kappa shape index (κ2) is 6.68. The van der Waals surface area contributed by atoms with Crippen molar-refractivity contribution in [3.05, 3.63) is 53.5 Å². The minimum atomic E-state index is 0.444. The average molecular weight is 348 g/mol. The highest BCUT2D eigenvalue weighted by Crippen LogP contribution is 2.28. The minimum Gasteiger partial charge on any atom is -0.366 e. The number of aromatic nitrogens is 4. The first kappa shape index (κ1) is 15.8. The van der Waals surface area contributed by atoms with Gasteiger partial charge in [0.15, 0.2) is 0 Å². The summed E-state index contributed by atoms with van der Waals surface area (Å²) in [4.78, 5) is 11.6. The summed E-state index contributed by atoms with van der Waals surface area (Å²) in [6.45, 7) is 3.20. The lowest BCUT2D eigenvalue weighted by molar-refractivity contribution is 0.328. The van der Waals surface area contributed by atoms with Gasteiger partial charge in [-0.3, -0.25) is 4.90 Å². The standard InChI is InChI=1S/C20H24N6/c1-2-6-15(7-3-1)12-25-11-10-16(13-25)23-19-17-8-4-5-9-18(17)24-20-21-14-22-26(19)20/h1-3,6-7,14,16,23H,4-5,8-13H2. The number of fused-ring (bicyclic) bond motifs is 2. The summed E-state index contributed by atoms with van der Waals surface area (Å²) in [5.74, 6) is 1.83. The molecule has 0 spiro atoms. The number of likely N-dealkylation sites (tertiary alicyclic amines) is 1. The molecule has 0 amide bonds. The van der Waals surface area contributed by atoms with E-state index in [2.05, 4.69) is 50.6 Å². The van der Waals surface area contributed by atoms with Crippen LogP contribution in [-0.4, -0.2) is 43.6 Å². The summed E-state index contributed by atoms with van der Waals surface area (Å²) in [5.41, 5.74) is 3.93. The second-order valence-corrected chi connectivity index (χ2v) is 7.42. The number of hydrogen-bond donors (Lipinski definition) is 1. The molecule has 5 rings (SSSR count). The molecule has 6 nitrogen and oxygen atoms in total. The topological polar surface area (TPSA) is 58.3 Å². The molecular formula is C20H24N6. The summed E-state index contributed by atoms with van der Waals surface area (Å²) >= 11 is 0. The molecule has 1 aliphatic heterocycles. The van der Waals surface area contributed by atoms with Gasteiger partial charge in [-0.25, -0.2) is 4.98 Å². The molecule has 0 saturated carbocycles. The molecule has 1 N–H and O–H groups in total. The maximum Gasteiger partial charge on any atom is 0.254 e. The quantitative estimate of drug-likeness (QED) is 0.786. The molecule has 1 fully saturated rings. The van der Waals surface area contributed by atoms with Crippen molar-refractivity contribution in [2.75, 3.05) is 18.4 Å². The fourth-order valence-corrected chi connectivity index (χ4v) is 4.26. The first-order valence-corrected chi connectivity index (χ1v) is 9.61. The Hall–Kier alpha value is -2.47. The van der Waals surface area contributed by atoms with Gasteiger partial charge in [-0.15, -0.1) is 0 Å². The normalized spacial score (nSPS) is 20.4. The van der Waals surface area contributed by atoms with Gasteiger partial charge in [-0.2, -0.15) is 14.6 Å². The molecular weight excluding hydrogens is 324 g/mol. The Morgan fingerprint density at radius 1 is 1.12 bits per heavy atom. The van der Waals surface area contributed by atoms with Gasteiger partial charge in [-0.1, -0.05) is 30.3 Å². The minimum absolute atomic E-state index is 0.444. The second-order valence-electron chi connectivity index (χ2n) is 7.42. The van der Waals surface area contributed by atoms with E-state index in [-0.39, 0.29) is 0 Å². The Morgan fingerprint density at radius 2 is 2.00 bits per heavy atom. The van der Waals surface area contributed by atoms with E-state index in [4.69, 9.17) is 4.98 Å². The van der Waals surface area contributed by atoms with Crippen LogP contribution in [0.2, 0.25) is 0 Å². The highest BCUT2D eigenvalue weighted by molar-refractivity contribution is 5.54. The molecule has 1 aliphatic carbocycles. The van der Waals surface area contributed by atoms with Gasteiger partial charge in [0, 0.05) is 31.2 Å². The summed E-state index contributed by atoms with van der Waals surface area (Å²) in [7, 11) is 0. The van der Waals surface area contributed by atoms with Crippen molar-refractivity contribution in [2.45, 2.75) is 44.7 Å². The summed E-state index contributed by atoms with van der Waals surface area (Å²) in [6.07, 6.45) is 7.35. The highest BCUT2D eigenvalue weighted by Gasteiger charge is 2.26. The smallest absolute Gasteiger partial charge is 0.254 e. The Kier molecular flexibility index (Phi) is 4.05. The zero-order chi connectivity index (χ0) is 17.3. The maximum absolute atomic E-state index is 4.72. The van der Waals surface area contributed by atoms with Crippen molar-refractivity contribution in [1.29, 1.82) is 0 Å². The summed E-state index contributed by atoms with van der Waals surface area (Å²) < 4.78 is 1.89. The SMILES string of the molecule is c1ccc(CN2CCC(Nc3c4c(nc5ncnn35)CCCC4)C2)cc1. The molecule has 1 unspecified atom stereocenters. The van der Waals surface area contributed by atoms with Crippen LogP contribution in [0.5, 0.6) is 0 Å². The Labute approximate surface area is 153 Å². The maximum atomic E-state index is 4.72. The number of aryl methyl sites for hydroxylation is 1. The van der Waals surface area contributed by atoms with Crippen LogP contribution in [0.4, 0.5) is 5.82 Å². The van der Waals surface area contributed by atoms with E-state index < -0.39 is 0 Å². The van der Waals surface area contributed by atoms with Crippen LogP contribution < -0.4 is 5.32 Å². The predicted octanol–water partition coefficient (Wildman–Crippen LogP) is 2.69. The predicted molar refractivity (Wildman–Crippen MR) is 101 cm³/mol. The zero-order valence-electron chi connectivity index (χ0n) is 14.9. The van der Waals surface area contributed by atoms with Gasteiger partial charge in [0.1, 0.15) is 12.1 Å². The molecule has 1 aromatic carbocycles. The number of benzene rings is 1. The van der Waals surface area contributed by atoms with Crippen LogP contribution in [0.15, 0.2) is 36.7 Å². The van der Waals surface area contributed by atoms with E-state index in [0.717, 1.165) is 44.7 Å². The third-order valence-corrected chi connectivity index (χ3v) is 5.56. The van der Waals surface area contributed by atoms with Crippen LogP contribution in [0.1, 0.15) is 36.1 Å². The van der Waals surface area contributed by atoms with Gasteiger partial charge >= 0.3 is 0 Å². The lowest BCUT2D eigenvalue weighted by Crippen LogP contribution is -2.28. The van der Waals surface area contributed by atoms with Crippen LogP contribution in [-0.2, 0) is 19.4 Å². The molecule has 3 aromatic rings. The molecule has 2 aliphatic rings. The van der Waals surface area contributed by atoms with Gasteiger partial charge in [0.05, 0.1) is 5.69 Å². The first-order valence-electron chi connectivity index (χ1n) is 9.61. The van der Waals surface area contributed by atoms with Gasteiger partial charge in [0.2, 0.25) is 0 Å². The third kappa shape index (κ3) is 2.94. The molecule has 134 valence electrons. The van der Waals surface area contributed by atoms with E-state index in [1.807, 2.05) is 4.52 Å². The molecule has 1 saturated heterocycles. The van der Waals surface area contributed by atoms with Crippen molar-refractivity contribution in [1.82, 2.24) is 24.5 Å². The van der Waals surface area contributed by atoms with Gasteiger partial charge in [0.25, 0.3) is 5.78 Å². The lowest BCUT2D eigenvalue weighted by atomic mass is 9.96. The summed E-state index contributed by atoms with van der Waals surface area (Å²) in [6, 6.07) is 11.2. The van der Waals surface area contributed by atoms with E-state index in [9.17, 15) is 0 Å². The lowest BCUT2D eigenvalue weighted by Gasteiger charge is -2.23. The number of anilines is 1. The van der Waals surface area contributed by atoms with Crippen molar-refractivity contribution in [3.8, 4) is 0 Å². The van der Waals surface area contributed by atoms with Crippen molar-refractivity contribution >= 4 is 11.6 Å². The highest BCUT2D eigenvalue weighted by atomic mass is 15.4. The zero-order valence-corrected chi connectivity index (χ0v) is 14.9. The Balaban J connectivity index is 1.36. The number of nitrogens with zero attached hydrogens (tertiary/aromatic N) is 5. The van der Waals surface area contributed by atoms with Crippen LogP contribution in [0.3, 0.4) is 0 Å². The van der Waals surface area contributed by atoms with Crippen molar-refractivity contribution in [3.63, 3.8) is 0 Å². The number of rotatable bonds is 4. The van der Waals surface area contributed by atoms with Crippen LogP contribution >= 0.6 is 0 Å². The molecule has 6 heteroatoms. The molecule has 1 atom stereocenters. The van der Waals surface area contributed by atoms with Crippen LogP contribution in [0, 0.1) is 0 Å². The van der Waals surface area contributed by atoms with Crippen molar-refractivity contribution < 1.29 is 0 Å². The third-order valence-electron chi connectivity index (χ3n) is 5.56. The van der Waals surface area contributed by atoms with E-state index >= 15 is 0 Å². The van der Waals surface area contributed by atoms with Crippen LogP contribution in [0.25, 0.3) is 5.78 Å². The van der Waals surface area contributed by atoms with Gasteiger partial charge in [-0.05, 0) is 37.7 Å². The van der Waals surface area contributed by atoms with E-state index in [1.165, 1.54) is 29.7 Å². The first-order chi connectivity index (χ1) is 12.9. The fourth-order valence-electron chi connectivity index (χ4n) is 4.26. The van der Waals surface area contributed by atoms with Gasteiger partial charge < -0.3 is 5.32 Å². The number of nitrogens with one attached hydrogen (secondary N) is 1.